The van der Waals surface area contributed by atoms with Gasteiger partial charge in [-0.25, -0.2) is 4.39 Å². The molecule has 1 unspecified atom stereocenters. The number of amides is 1. The lowest BCUT2D eigenvalue weighted by molar-refractivity contribution is 0.0840. The Bertz CT molecular complexity index is 435. The maximum absolute atomic E-state index is 13.2. The van der Waals surface area contributed by atoms with Crippen LogP contribution in [0.1, 0.15) is 41.6 Å². The quantitative estimate of drug-likeness (QED) is 0.878. The topological polar surface area (TPSA) is 49.3 Å². The first kappa shape index (κ1) is 14.0. The molecule has 1 aliphatic rings. The van der Waals surface area contributed by atoms with Gasteiger partial charge in [-0.1, -0.05) is 12.8 Å². The van der Waals surface area contributed by atoms with Crippen LogP contribution in [0.4, 0.5) is 4.39 Å². The Balaban J connectivity index is 1.89. The summed E-state index contributed by atoms with van der Waals surface area (Å²) in [4.78, 5) is 11.9. The molecule has 0 aliphatic heterocycles. The van der Waals surface area contributed by atoms with Gasteiger partial charge in [0, 0.05) is 12.1 Å². The third-order valence-corrected chi connectivity index (χ3v) is 3.72. The second-order valence-corrected chi connectivity index (χ2v) is 5.34. The number of hydrogen-bond donors (Lipinski definition) is 2. The summed E-state index contributed by atoms with van der Waals surface area (Å²) in [5, 5.41) is 12.6. The summed E-state index contributed by atoms with van der Waals surface area (Å²) in [6.45, 7) is 1.98. The van der Waals surface area contributed by atoms with Crippen molar-refractivity contribution in [3.05, 3.63) is 35.1 Å². The van der Waals surface area contributed by atoms with Gasteiger partial charge in [0.25, 0.3) is 5.91 Å². The van der Waals surface area contributed by atoms with Gasteiger partial charge in [-0.3, -0.25) is 4.79 Å². The summed E-state index contributed by atoms with van der Waals surface area (Å²) in [7, 11) is 0. The van der Waals surface area contributed by atoms with Crippen LogP contribution in [-0.2, 0) is 0 Å². The van der Waals surface area contributed by atoms with Crippen LogP contribution in [0.2, 0.25) is 0 Å². The smallest absolute Gasteiger partial charge is 0.251 e. The van der Waals surface area contributed by atoms with Crippen molar-refractivity contribution in [2.24, 2.45) is 5.92 Å². The van der Waals surface area contributed by atoms with Crippen molar-refractivity contribution in [3.63, 3.8) is 0 Å². The normalized spacial score (nSPS) is 17.4. The van der Waals surface area contributed by atoms with Crippen LogP contribution < -0.4 is 5.32 Å². The number of hydrogen-bond acceptors (Lipinski definition) is 2. The fourth-order valence-electron chi connectivity index (χ4n) is 2.68. The maximum atomic E-state index is 13.2. The number of aryl methyl sites for hydroxylation is 1. The predicted molar refractivity (Wildman–Crippen MR) is 71.4 cm³/mol. The number of carbonyl (C=O) groups is 1. The monoisotopic (exact) mass is 265 g/mol. The van der Waals surface area contributed by atoms with Gasteiger partial charge in [-0.15, -0.1) is 0 Å². The Labute approximate surface area is 112 Å². The van der Waals surface area contributed by atoms with Crippen LogP contribution in [0, 0.1) is 18.7 Å². The standard InChI is InChI=1S/C15H20FNO2/c1-10-6-12(8-13(16)7-10)15(19)17-9-14(18)11-4-2-3-5-11/h6-8,11,14,18H,2-5,9H2,1H3,(H,17,19). The van der Waals surface area contributed by atoms with Crippen LogP contribution in [0.15, 0.2) is 18.2 Å². The van der Waals surface area contributed by atoms with E-state index in [1.807, 2.05) is 0 Å². The summed E-state index contributed by atoms with van der Waals surface area (Å²) in [6, 6.07) is 4.23. The molecule has 0 bridgehead atoms. The van der Waals surface area contributed by atoms with Crippen LogP contribution in [0.3, 0.4) is 0 Å². The molecule has 1 fully saturated rings. The molecule has 4 heteroatoms. The summed E-state index contributed by atoms with van der Waals surface area (Å²) < 4.78 is 13.2. The molecule has 1 aromatic rings. The molecule has 0 saturated heterocycles. The number of rotatable bonds is 4. The number of halogens is 1. The molecule has 1 atom stereocenters. The Hall–Kier alpha value is -1.42. The first-order chi connectivity index (χ1) is 9.06. The van der Waals surface area contributed by atoms with Crippen molar-refractivity contribution in [2.75, 3.05) is 6.54 Å². The Kier molecular flexibility index (Phi) is 4.53. The van der Waals surface area contributed by atoms with Crippen molar-refractivity contribution in [1.82, 2.24) is 5.32 Å². The van der Waals surface area contributed by atoms with Gasteiger partial charge in [0.2, 0.25) is 0 Å². The molecule has 0 heterocycles. The molecule has 0 radical (unpaired) electrons. The molecule has 1 aromatic carbocycles. The molecule has 0 aromatic heterocycles. The van der Waals surface area contributed by atoms with Crippen LogP contribution in [0.5, 0.6) is 0 Å². The highest BCUT2D eigenvalue weighted by Crippen LogP contribution is 2.27. The lowest BCUT2D eigenvalue weighted by Gasteiger charge is -2.18. The molecule has 0 spiro atoms. The summed E-state index contributed by atoms with van der Waals surface area (Å²) in [6.07, 6.45) is 3.85. The zero-order chi connectivity index (χ0) is 13.8. The zero-order valence-corrected chi connectivity index (χ0v) is 11.2. The maximum Gasteiger partial charge on any atom is 0.251 e. The van der Waals surface area contributed by atoms with Crippen LogP contribution >= 0.6 is 0 Å². The molecule has 19 heavy (non-hydrogen) atoms. The van der Waals surface area contributed by atoms with E-state index in [2.05, 4.69) is 5.32 Å². The van der Waals surface area contributed by atoms with Gasteiger partial charge >= 0.3 is 0 Å². The van der Waals surface area contributed by atoms with E-state index in [0.717, 1.165) is 25.7 Å². The SMILES string of the molecule is Cc1cc(F)cc(C(=O)NCC(O)C2CCCC2)c1. The third kappa shape index (κ3) is 3.77. The molecule has 1 amide bonds. The van der Waals surface area contributed by atoms with E-state index < -0.39 is 11.9 Å². The predicted octanol–water partition coefficient (Wildman–Crippen LogP) is 2.42. The van der Waals surface area contributed by atoms with Crippen molar-refractivity contribution in [3.8, 4) is 0 Å². The third-order valence-electron chi connectivity index (χ3n) is 3.72. The zero-order valence-electron chi connectivity index (χ0n) is 11.2. The van der Waals surface area contributed by atoms with E-state index in [0.29, 0.717) is 11.1 Å². The lowest BCUT2D eigenvalue weighted by Crippen LogP contribution is -2.35. The van der Waals surface area contributed by atoms with Gasteiger partial charge in [0.05, 0.1) is 6.10 Å². The molecule has 2 N–H and O–H groups in total. The second-order valence-electron chi connectivity index (χ2n) is 5.34. The highest BCUT2D eigenvalue weighted by atomic mass is 19.1. The number of carbonyl (C=O) groups excluding carboxylic acids is 1. The van der Waals surface area contributed by atoms with Gasteiger partial charge in [-0.05, 0) is 49.4 Å². The van der Waals surface area contributed by atoms with E-state index in [9.17, 15) is 14.3 Å². The minimum atomic E-state index is -0.499. The summed E-state index contributed by atoms with van der Waals surface area (Å²) >= 11 is 0. The highest BCUT2D eigenvalue weighted by Gasteiger charge is 2.23. The van der Waals surface area contributed by atoms with Gasteiger partial charge in [0.15, 0.2) is 0 Å². The second kappa shape index (κ2) is 6.15. The first-order valence-corrected chi connectivity index (χ1v) is 6.79. The first-order valence-electron chi connectivity index (χ1n) is 6.79. The fraction of sp³-hybridized carbons (Fsp3) is 0.533. The Morgan fingerprint density at radius 1 is 1.42 bits per heavy atom. The van der Waals surface area contributed by atoms with Gasteiger partial charge in [0.1, 0.15) is 5.82 Å². The van der Waals surface area contributed by atoms with Crippen molar-refractivity contribution in [1.29, 1.82) is 0 Å². The number of benzene rings is 1. The van der Waals surface area contributed by atoms with E-state index >= 15 is 0 Å². The largest absolute Gasteiger partial charge is 0.391 e. The van der Waals surface area contributed by atoms with Crippen LogP contribution in [-0.4, -0.2) is 23.7 Å². The number of nitrogens with one attached hydrogen (secondary N) is 1. The van der Waals surface area contributed by atoms with E-state index in [1.54, 1.807) is 13.0 Å². The van der Waals surface area contributed by atoms with Crippen molar-refractivity contribution < 1.29 is 14.3 Å². The number of aliphatic hydroxyl groups excluding tert-OH is 1. The van der Waals surface area contributed by atoms with Crippen LogP contribution in [0.25, 0.3) is 0 Å². The molecule has 104 valence electrons. The molecule has 1 aliphatic carbocycles. The van der Waals surface area contributed by atoms with Crippen molar-refractivity contribution in [2.45, 2.75) is 38.7 Å². The van der Waals surface area contributed by atoms with Gasteiger partial charge < -0.3 is 10.4 Å². The molecular formula is C15H20FNO2. The average Bonchev–Trinajstić information content (AvgIpc) is 2.88. The fourth-order valence-corrected chi connectivity index (χ4v) is 2.68. The highest BCUT2D eigenvalue weighted by molar-refractivity contribution is 5.94. The van der Waals surface area contributed by atoms with Crippen molar-refractivity contribution >= 4 is 5.91 Å². The molecular weight excluding hydrogens is 245 g/mol. The van der Waals surface area contributed by atoms with Gasteiger partial charge in [-0.2, -0.15) is 0 Å². The van der Waals surface area contributed by atoms with E-state index in [-0.39, 0.29) is 18.4 Å². The van der Waals surface area contributed by atoms with E-state index in [4.69, 9.17) is 0 Å². The summed E-state index contributed by atoms with van der Waals surface area (Å²) in [5.74, 6) is -0.462. The Morgan fingerprint density at radius 3 is 2.74 bits per heavy atom. The lowest BCUT2D eigenvalue weighted by atomic mass is 10.0. The molecule has 2 rings (SSSR count). The molecule has 3 nitrogen and oxygen atoms in total. The minimum absolute atomic E-state index is 0.235. The molecule has 1 saturated carbocycles. The minimum Gasteiger partial charge on any atom is -0.391 e. The summed E-state index contributed by atoms with van der Waals surface area (Å²) in [5.41, 5.74) is 1.01. The van der Waals surface area contributed by atoms with E-state index in [1.165, 1.54) is 12.1 Å². The number of aliphatic hydroxyl groups is 1. The Morgan fingerprint density at radius 2 is 2.11 bits per heavy atom. The average molecular weight is 265 g/mol.